The van der Waals surface area contributed by atoms with Crippen molar-refractivity contribution < 1.29 is 12.7 Å². The van der Waals surface area contributed by atoms with E-state index in [0.717, 1.165) is 0 Å². The first-order chi connectivity index (χ1) is 1.41. The molecular formula is Cl2Na2Ni. The van der Waals surface area contributed by atoms with Gasteiger partial charge in [0.25, 0.3) is 0 Å². The van der Waals surface area contributed by atoms with Crippen molar-refractivity contribution >= 4 is 79.5 Å². The molecule has 0 unspecified atom stereocenters. The molecule has 0 nitrogen and oxygen atoms in total. The van der Waals surface area contributed by atoms with E-state index < -0.39 is 0 Å². The first-order valence-electron chi connectivity index (χ1n) is 0.239. The van der Waals surface area contributed by atoms with Gasteiger partial charge in [0.05, 0.1) is 0 Å². The van der Waals surface area contributed by atoms with Gasteiger partial charge in [-0.2, -0.15) is 0 Å². The Bertz CT molecular complexity index is 7.61. The van der Waals surface area contributed by atoms with Crippen LogP contribution in [0.15, 0.2) is 0 Å². The Balaban J connectivity index is -0.0000000200. The Morgan fingerprint density at radius 3 is 1.00 bits per heavy atom. The first-order valence-corrected chi connectivity index (χ1v) is 2.96. The summed E-state index contributed by atoms with van der Waals surface area (Å²) in [6.07, 6.45) is 0. The molecule has 0 aliphatic carbocycles. The van der Waals surface area contributed by atoms with E-state index in [0.29, 0.717) is 12.7 Å². The molecule has 0 heterocycles. The zero-order valence-electron chi connectivity index (χ0n) is 3.07. The van der Waals surface area contributed by atoms with Crippen molar-refractivity contribution in [1.29, 1.82) is 0 Å². The summed E-state index contributed by atoms with van der Waals surface area (Å²) < 4.78 is 0. The minimum absolute atomic E-state index is 0. The van der Waals surface area contributed by atoms with Gasteiger partial charge in [0.2, 0.25) is 0 Å². The fourth-order valence-electron chi connectivity index (χ4n) is 0. The molecule has 26 valence electrons. The molecular weight excluding hydrogens is 176 g/mol. The molecule has 0 aromatic heterocycles. The average Bonchev–Trinajstić information content (AvgIpc) is 0.918. The van der Waals surface area contributed by atoms with Gasteiger partial charge in [-0.25, -0.2) is 0 Å². The normalized spacial score (nSPS) is 4.40. The summed E-state index contributed by atoms with van der Waals surface area (Å²) in [5.41, 5.74) is 0. The van der Waals surface area contributed by atoms with Gasteiger partial charge in [-0.3, -0.25) is 0 Å². The van der Waals surface area contributed by atoms with Crippen LogP contribution in [-0.4, -0.2) is 59.1 Å². The fraction of sp³-hybridized carbons (Fsp3) is 0. The molecule has 0 spiro atoms. The van der Waals surface area contributed by atoms with E-state index in [1.165, 1.54) is 0 Å². The van der Waals surface area contributed by atoms with Gasteiger partial charge in [0.1, 0.15) is 0 Å². The Morgan fingerprint density at radius 2 is 1.00 bits per heavy atom. The fourth-order valence-corrected chi connectivity index (χ4v) is 0. The van der Waals surface area contributed by atoms with Crippen LogP contribution >= 0.6 is 20.4 Å². The van der Waals surface area contributed by atoms with Crippen molar-refractivity contribution in [2.45, 2.75) is 0 Å². The predicted molar refractivity (Wildman–Crippen MR) is 23.2 cm³/mol. The number of halogens is 2. The third-order valence-electron chi connectivity index (χ3n) is 0. The Morgan fingerprint density at radius 1 is 1.00 bits per heavy atom. The van der Waals surface area contributed by atoms with E-state index in [1.807, 2.05) is 0 Å². The monoisotopic (exact) mass is 174 g/mol. The third kappa shape index (κ3) is 19.3. The van der Waals surface area contributed by atoms with Crippen LogP contribution in [0.5, 0.6) is 0 Å². The van der Waals surface area contributed by atoms with E-state index >= 15 is 0 Å². The summed E-state index contributed by atoms with van der Waals surface area (Å²) in [7, 11) is 9.40. The SMILES string of the molecule is [Cl][Ni][Cl].[Na].[Na]. The molecule has 2 radical (unpaired) electrons. The number of rotatable bonds is 0. The number of hydrogen-bond donors (Lipinski definition) is 0. The zero-order valence-corrected chi connectivity index (χ0v) is 9.57. The van der Waals surface area contributed by atoms with E-state index in [2.05, 4.69) is 0 Å². The molecule has 0 saturated carbocycles. The summed E-state index contributed by atoms with van der Waals surface area (Å²) in [5, 5.41) is 0. The molecule has 0 bridgehead atoms. The Labute approximate surface area is 90.3 Å². The zero-order chi connectivity index (χ0) is 2.71. The molecule has 0 aromatic rings. The second-order valence-corrected chi connectivity index (χ2v) is 1.68. The van der Waals surface area contributed by atoms with Gasteiger partial charge in [0.15, 0.2) is 0 Å². The van der Waals surface area contributed by atoms with Crippen LogP contribution in [-0.2, 0) is 12.7 Å². The van der Waals surface area contributed by atoms with Crippen LogP contribution in [0.25, 0.3) is 0 Å². The molecule has 0 saturated heterocycles. The van der Waals surface area contributed by atoms with Crippen LogP contribution in [0.4, 0.5) is 0 Å². The molecule has 0 rings (SSSR count). The first kappa shape index (κ1) is 15.7. The predicted octanol–water partition coefficient (Wildman–Crippen LogP) is 0.615. The van der Waals surface area contributed by atoms with E-state index in [-0.39, 0.29) is 59.1 Å². The van der Waals surface area contributed by atoms with E-state index in [4.69, 9.17) is 20.4 Å². The van der Waals surface area contributed by atoms with Crippen molar-refractivity contribution in [2.75, 3.05) is 0 Å². The van der Waals surface area contributed by atoms with E-state index in [1.54, 1.807) is 0 Å². The minimum atomic E-state index is 0. The van der Waals surface area contributed by atoms with E-state index in [9.17, 15) is 0 Å². The minimum Gasteiger partial charge on any atom is 0 e. The molecule has 0 aliphatic heterocycles. The maximum atomic E-state index is 4.70. The molecule has 5 heteroatoms. The summed E-state index contributed by atoms with van der Waals surface area (Å²) in [4.78, 5) is 0. The van der Waals surface area contributed by atoms with Gasteiger partial charge in [-0.15, -0.1) is 0 Å². The Kier molecular flexibility index (Phi) is 49.4. The van der Waals surface area contributed by atoms with Crippen molar-refractivity contribution in [2.24, 2.45) is 0 Å². The average molecular weight is 176 g/mol. The molecule has 0 amide bonds. The quantitative estimate of drug-likeness (QED) is 0.474. The van der Waals surface area contributed by atoms with Crippen LogP contribution in [0.3, 0.4) is 0 Å². The van der Waals surface area contributed by atoms with Crippen LogP contribution in [0.1, 0.15) is 0 Å². The van der Waals surface area contributed by atoms with Crippen molar-refractivity contribution in [3.63, 3.8) is 0 Å². The van der Waals surface area contributed by atoms with Gasteiger partial charge in [-0.05, 0) is 0 Å². The largest absolute Gasteiger partial charge is 0 e. The van der Waals surface area contributed by atoms with Crippen LogP contribution < -0.4 is 0 Å². The van der Waals surface area contributed by atoms with Crippen molar-refractivity contribution in [3.8, 4) is 0 Å². The topological polar surface area (TPSA) is 0 Å². The molecule has 0 aromatic carbocycles. The second kappa shape index (κ2) is 15.7. The third-order valence-corrected chi connectivity index (χ3v) is 0. The maximum Gasteiger partial charge on any atom is 0 e. The maximum absolute atomic E-state index is 4.70. The number of hydrogen-bond acceptors (Lipinski definition) is 0. The van der Waals surface area contributed by atoms with Crippen molar-refractivity contribution in [3.05, 3.63) is 0 Å². The van der Waals surface area contributed by atoms with Crippen molar-refractivity contribution in [1.82, 2.24) is 0 Å². The summed E-state index contributed by atoms with van der Waals surface area (Å²) >= 11 is 0.569. The molecule has 0 atom stereocenters. The molecule has 0 fully saturated rings. The van der Waals surface area contributed by atoms with Crippen LogP contribution in [0, 0.1) is 0 Å². The summed E-state index contributed by atoms with van der Waals surface area (Å²) in [5.74, 6) is 0. The van der Waals surface area contributed by atoms with Gasteiger partial charge in [0, 0.05) is 59.1 Å². The van der Waals surface area contributed by atoms with Gasteiger partial charge in [-0.1, -0.05) is 0 Å². The van der Waals surface area contributed by atoms with Gasteiger partial charge >= 0.3 is 33.0 Å². The smallest absolute Gasteiger partial charge is 0 e. The molecule has 0 N–H and O–H groups in total. The van der Waals surface area contributed by atoms with Gasteiger partial charge < -0.3 is 0 Å². The molecule has 5 heavy (non-hydrogen) atoms. The Hall–Kier alpha value is 3.07. The second-order valence-electron chi connectivity index (χ2n) is 0.0452. The standard InChI is InChI=1S/2ClH.2Na.Ni/h2*1H;;;/q;;;;+2/p-2. The summed E-state index contributed by atoms with van der Waals surface area (Å²) in [6, 6.07) is 0. The molecule has 0 aliphatic rings. The summed E-state index contributed by atoms with van der Waals surface area (Å²) in [6.45, 7) is 0. The van der Waals surface area contributed by atoms with Crippen LogP contribution in [0.2, 0.25) is 0 Å².